The number of halogens is 1. The molecular weight excluding hydrogens is 283 g/mol. The molecule has 2 N–H and O–H groups in total. The van der Waals surface area contributed by atoms with Gasteiger partial charge in [0.05, 0.1) is 6.10 Å². The number of benzene rings is 1. The van der Waals surface area contributed by atoms with E-state index in [1.807, 2.05) is 12.1 Å². The first-order valence-corrected chi connectivity index (χ1v) is 6.85. The Kier molecular flexibility index (Phi) is 4.11. The van der Waals surface area contributed by atoms with Gasteiger partial charge in [-0.3, -0.25) is 4.57 Å². The zero-order valence-corrected chi connectivity index (χ0v) is 11.7. The van der Waals surface area contributed by atoms with Gasteiger partial charge in [0.25, 0.3) is 0 Å². The Morgan fingerprint density at radius 2 is 2.09 bits per heavy atom. The molecule has 3 aromatic rings. The first-order chi connectivity index (χ1) is 10.7. The van der Waals surface area contributed by atoms with E-state index in [2.05, 4.69) is 15.3 Å². The summed E-state index contributed by atoms with van der Waals surface area (Å²) in [6, 6.07) is 11.5. The SMILES string of the molecule is OC(CNc1cccc(-n2ccnc2)n1)c1cccc(F)c1. The van der Waals surface area contributed by atoms with E-state index in [9.17, 15) is 9.50 Å². The van der Waals surface area contributed by atoms with Gasteiger partial charge >= 0.3 is 0 Å². The number of aromatic nitrogens is 3. The van der Waals surface area contributed by atoms with Crippen molar-refractivity contribution in [3.05, 3.63) is 72.6 Å². The summed E-state index contributed by atoms with van der Waals surface area (Å²) in [5.74, 6) is 0.987. The van der Waals surface area contributed by atoms with Crippen LogP contribution >= 0.6 is 0 Å². The Labute approximate surface area is 127 Å². The van der Waals surface area contributed by atoms with Gasteiger partial charge in [0.2, 0.25) is 0 Å². The van der Waals surface area contributed by atoms with Gasteiger partial charge in [0.15, 0.2) is 0 Å². The largest absolute Gasteiger partial charge is 0.387 e. The van der Waals surface area contributed by atoms with Crippen molar-refractivity contribution in [3.8, 4) is 5.82 Å². The van der Waals surface area contributed by atoms with E-state index in [4.69, 9.17) is 0 Å². The van der Waals surface area contributed by atoms with Crippen molar-refractivity contribution in [2.45, 2.75) is 6.10 Å². The highest BCUT2D eigenvalue weighted by molar-refractivity contribution is 5.40. The number of pyridine rings is 1. The fraction of sp³-hybridized carbons (Fsp3) is 0.125. The summed E-state index contributed by atoms with van der Waals surface area (Å²) in [4.78, 5) is 8.40. The van der Waals surface area contributed by atoms with Crippen molar-refractivity contribution >= 4 is 5.82 Å². The Morgan fingerprint density at radius 3 is 2.86 bits per heavy atom. The number of anilines is 1. The molecule has 1 atom stereocenters. The van der Waals surface area contributed by atoms with Crippen molar-refractivity contribution in [2.24, 2.45) is 0 Å². The summed E-state index contributed by atoms with van der Waals surface area (Å²) in [6.07, 6.45) is 4.33. The van der Waals surface area contributed by atoms with Gasteiger partial charge in [0.1, 0.15) is 23.8 Å². The first-order valence-electron chi connectivity index (χ1n) is 6.85. The van der Waals surface area contributed by atoms with Gasteiger partial charge < -0.3 is 10.4 Å². The quantitative estimate of drug-likeness (QED) is 0.760. The number of aliphatic hydroxyl groups excluding tert-OH is 1. The molecule has 0 spiro atoms. The van der Waals surface area contributed by atoms with Crippen LogP contribution in [0, 0.1) is 5.82 Å². The Hall–Kier alpha value is -2.73. The second-order valence-corrected chi connectivity index (χ2v) is 4.80. The molecule has 5 nitrogen and oxygen atoms in total. The highest BCUT2D eigenvalue weighted by Gasteiger charge is 2.08. The predicted molar refractivity (Wildman–Crippen MR) is 81.2 cm³/mol. The molecule has 0 saturated heterocycles. The van der Waals surface area contributed by atoms with Crippen LogP contribution in [-0.2, 0) is 0 Å². The van der Waals surface area contributed by atoms with Crippen molar-refractivity contribution in [1.82, 2.24) is 14.5 Å². The van der Waals surface area contributed by atoms with Crippen molar-refractivity contribution in [2.75, 3.05) is 11.9 Å². The van der Waals surface area contributed by atoms with Crippen molar-refractivity contribution < 1.29 is 9.50 Å². The lowest BCUT2D eigenvalue weighted by Crippen LogP contribution is -2.13. The zero-order chi connectivity index (χ0) is 15.4. The number of hydrogen-bond acceptors (Lipinski definition) is 4. The molecule has 0 amide bonds. The second kappa shape index (κ2) is 6.36. The first kappa shape index (κ1) is 14.2. The molecule has 1 aromatic carbocycles. The van der Waals surface area contributed by atoms with Crippen LogP contribution in [0.15, 0.2) is 61.2 Å². The minimum Gasteiger partial charge on any atom is -0.387 e. The summed E-state index contributed by atoms with van der Waals surface area (Å²) >= 11 is 0. The van der Waals surface area contributed by atoms with Crippen LogP contribution in [0.5, 0.6) is 0 Å². The van der Waals surface area contributed by atoms with E-state index in [0.29, 0.717) is 11.4 Å². The molecule has 3 rings (SSSR count). The molecule has 0 saturated carbocycles. The molecule has 0 radical (unpaired) electrons. The van der Waals surface area contributed by atoms with Gasteiger partial charge in [-0.1, -0.05) is 18.2 Å². The Bertz CT molecular complexity index is 745. The van der Waals surface area contributed by atoms with E-state index < -0.39 is 6.10 Å². The van der Waals surface area contributed by atoms with Crippen LogP contribution in [0.4, 0.5) is 10.2 Å². The average Bonchev–Trinajstić information content (AvgIpc) is 3.07. The van der Waals surface area contributed by atoms with E-state index >= 15 is 0 Å². The lowest BCUT2D eigenvalue weighted by atomic mass is 10.1. The van der Waals surface area contributed by atoms with Gasteiger partial charge in [0, 0.05) is 18.9 Å². The lowest BCUT2D eigenvalue weighted by molar-refractivity contribution is 0.191. The highest BCUT2D eigenvalue weighted by Crippen LogP contribution is 2.15. The number of imidazole rings is 1. The van der Waals surface area contributed by atoms with Crippen molar-refractivity contribution in [1.29, 1.82) is 0 Å². The number of nitrogens with one attached hydrogen (secondary N) is 1. The van der Waals surface area contributed by atoms with Gasteiger partial charge in [-0.05, 0) is 29.8 Å². The fourth-order valence-corrected chi connectivity index (χ4v) is 2.09. The summed E-state index contributed by atoms with van der Waals surface area (Å²) in [5.41, 5.74) is 0.526. The molecule has 2 aromatic heterocycles. The third kappa shape index (κ3) is 3.29. The van der Waals surface area contributed by atoms with Gasteiger partial charge in [-0.15, -0.1) is 0 Å². The van der Waals surface area contributed by atoms with Crippen LogP contribution in [0.3, 0.4) is 0 Å². The number of nitrogens with zero attached hydrogens (tertiary/aromatic N) is 3. The number of hydrogen-bond donors (Lipinski definition) is 2. The maximum Gasteiger partial charge on any atom is 0.140 e. The lowest BCUT2D eigenvalue weighted by Gasteiger charge is -2.13. The molecule has 22 heavy (non-hydrogen) atoms. The molecule has 112 valence electrons. The number of aliphatic hydroxyl groups is 1. The summed E-state index contributed by atoms with van der Waals surface area (Å²) in [7, 11) is 0. The monoisotopic (exact) mass is 298 g/mol. The van der Waals surface area contributed by atoms with E-state index in [-0.39, 0.29) is 12.4 Å². The van der Waals surface area contributed by atoms with E-state index in [1.54, 1.807) is 41.5 Å². The molecule has 0 aliphatic heterocycles. The highest BCUT2D eigenvalue weighted by atomic mass is 19.1. The minimum atomic E-state index is -0.811. The average molecular weight is 298 g/mol. The van der Waals surface area contributed by atoms with E-state index in [0.717, 1.165) is 5.82 Å². The second-order valence-electron chi connectivity index (χ2n) is 4.80. The third-order valence-electron chi connectivity index (χ3n) is 3.21. The zero-order valence-electron chi connectivity index (χ0n) is 11.7. The molecular formula is C16H15FN4O. The van der Waals surface area contributed by atoms with Crippen LogP contribution in [0.2, 0.25) is 0 Å². The Balaban J connectivity index is 1.68. The standard InChI is InChI=1S/C16H15FN4O/c17-13-4-1-3-12(9-13)14(22)10-19-15-5-2-6-16(20-15)21-8-7-18-11-21/h1-9,11,14,22H,10H2,(H,19,20). The van der Waals surface area contributed by atoms with Crippen LogP contribution in [-0.4, -0.2) is 26.2 Å². The maximum absolute atomic E-state index is 13.1. The minimum absolute atomic E-state index is 0.240. The molecule has 0 aliphatic carbocycles. The molecule has 0 bridgehead atoms. The Morgan fingerprint density at radius 1 is 1.23 bits per heavy atom. The topological polar surface area (TPSA) is 63.0 Å². The van der Waals surface area contributed by atoms with Gasteiger partial charge in [-0.2, -0.15) is 0 Å². The van der Waals surface area contributed by atoms with Crippen LogP contribution < -0.4 is 5.32 Å². The maximum atomic E-state index is 13.1. The molecule has 6 heteroatoms. The van der Waals surface area contributed by atoms with Crippen LogP contribution in [0.25, 0.3) is 5.82 Å². The summed E-state index contributed by atoms with van der Waals surface area (Å²) in [5, 5.41) is 13.1. The smallest absolute Gasteiger partial charge is 0.140 e. The molecule has 2 heterocycles. The summed E-state index contributed by atoms with van der Waals surface area (Å²) < 4.78 is 14.9. The molecule has 0 fully saturated rings. The predicted octanol–water partition coefficient (Wildman–Crippen LogP) is 2.55. The van der Waals surface area contributed by atoms with Crippen LogP contribution in [0.1, 0.15) is 11.7 Å². The summed E-state index contributed by atoms with van der Waals surface area (Å²) in [6.45, 7) is 0.240. The van der Waals surface area contributed by atoms with Gasteiger partial charge in [-0.25, -0.2) is 14.4 Å². The molecule has 0 aliphatic rings. The van der Waals surface area contributed by atoms with E-state index in [1.165, 1.54) is 12.1 Å². The third-order valence-corrected chi connectivity index (χ3v) is 3.21. The fourth-order valence-electron chi connectivity index (χ4n) is 2.09. The normalized spacial score (nSPS) is 12.1. The van der Waals surface area contributed by atoms with Crippen molar-refractivity contribution in [3.63, 3.8) is 0 Å². The number of rotatable bonds is 5. The molecule has 1 unspecified atom stereocenters.